The zero-order valence-electron chi connectivity index (χ0n) is 16.7. The molecule has 8 heteroatoms. The number of hydrogen-bond acceptors (Lipinski definition) is 5. The molecule has 0 aliphatic carbocycles. The van der Waals surface area contributed by atoms with Gasteiger partial charge in [0.1, 0.15) is 17.6 Å². The summed E-state index contributed by atoms with van der Waals surface area (Å²) in [4.78, 5) is 42.4. The number of amides is 3. The van der Waals surface area contributed by atoms with Crippen molar-refractivity contribution >= 4 is 34.7 Å². The summed E-state index contributed by atoms with van der Waals surface area (Å²) in [6.07, 6.45) is -0.170. The highest BCUT2D eigenvalue weighted by molar-refractivity contribution is 7.09. The second-order valence-corrected chi connectivity index (χ2v) is 8.01. The van der Waals surface area contributed by atoms with Crippen LogP contribution in [-0.2, 0) is 16.1 Å². The summed E-state index contributed by atoms with van der Waals surface area (Å²) in [7, 11) is 1.52. The van der Waals surface area contributed by atoms with Gasteiger partial charge in [0.25, 0.3) is 11.8 Å². The van der Waals surface area contributed by atoms with Crippen molar-refractivity contribution in [3.8, 4) is 5.75 Å². The minimum Gasteiger partial charge on any atom is -0.497 e. The van der Waals surface area contributed by atoms with E-state index in [1.807, 2.05) is 17.5 Å². The number of ether oxygens (including phenoxy) is 1. The number of halogens is 1. The third-order valence-electron chi connectivity index (χ3n) is 5.10. The first-order valence-corrected chi connectivity index (χ1v) is 10.5. The number of thiophene rings is 1. The molecule has 1 atom stereocenters. The number of rotatable bonds is 6. The Morgan fingerprint density at radius 3 is 2.52 bits per heavy atom. The molecule has 1 fully saturated rings. The van der Waals surface area contributed by atoms with Gasteiger partial charge in [-0.1, -0.05) is 18.2 Å². The third kappa shape index (κ3) is 4.06. The van der Waals surface area contributed by atoms with Crippen LogP contribution in [-0.4, -0.2) is 35.8 Å². The molecule has 4 rings (SSSR count). The Morgan fingerprint density at radius 2 is 1.87 bits per heavy atom. The molecule has 31 heavy (non-hydrogen) atoms. The summed E-state index contributed by atoms with van der Waals surface area (Å²) >= 11 is 1.42. The van der Waals surface area contributed by atoms with Crippen molar-refractivity contribution < 1.29 is 23.5 Å². The summed E-state index contributed by atoms with van der Waals surface area (Å²) in [6.45, 7) is 0.102. The molecule has 1 aliphatic rings. The lowest BCUT2D eigenvalue weighted by Gasteiger charge is -2.27. The lowest BCUT2D eigenvalue weighted by molar-refractivity contribution is -0.122. The van der Waals surface area contributed by atoms with Crippen molar-refractivity contribution in [2.45, 2.75) is 19.0 Å². The highest BCUT2D eigenvalue weighted by Gasteiger charge is 2.45. The molecular weight excluding hydrogens is 419 g/mol. The van der Waals surface area contributed by atoms with Crippen LogP contribution in [0.1, 0.15) is 21.7 Å². The Balaban J connectivity index is 1.67. The molecule has 2 aromatic carbocycles. The lowest BCUT2D eigenvalue weighted by atomic mass is 10.1. The number of nitrogens with zero attached hydrogens (tertiary/aromatic N) is 2. The number of anilines is 1. The molecule has 2 heterocycles. The SMILES string of the molecule is COc1ccc(N2C(=O)CC(N(Cc3cccs3)C(=O)c3ccccc3F)C2=O)cc1. The van der Waals surface area contributed by atoms with Crippen LogP contribution in [0.3, 0.4) is 0 Å². The van der Waals surface area contributed by atoms with Crippen molar-refractivity contribution in [3.05, 3.63) is 82.3 Å². The first-order valence-electron chi connectivity index (χ1n) is 9.58. The van der Waals surface area contributed by atoms with Crippen molar-refractivity contribution in [2.24, 2.45) is 0 Å². The number of carbonyl (C=O) groups excluding carboxylic acids is 3. The van der Waals surface area contributed by atoms with Crippen LogP contribution in [0.4, 0.5) is 10.1 Å². The largest absolute Gasteiger partial charge is 0.497 e. The van der Waals surface area contributed by atoms with Crippen LogP contribution < -0.4 is 9.64 Å². The van der Waals surface area contributed by atoms with Gasteiger partial charge in [-0.2, -0.15) is 0 Å². The van der Waals surface area contributed by atoms with Gasteiger partial charge in [0.2, 0.25) is 5.91 Å². The maximum absolute atomic E-state index is 14.3. The number of carbonyl (C=O) groups is 3. The van der Waals surface area contributed by atoms with E-state index in [1.165, 1.54) is 41.5 Å². The van der Waals surface area contributed by atoms with E-state index in [2.05, 4.69) is 0 Å². The van der Waals surface area contributed by atoms with Gasteiger partial charge in [0.05, 0.1) is 31.3 Å². The molecule has 1 aliphatic heterocycles. The fourth-order valence-corrected chi connectivity index (χ4v) is 4.25. The molecule has 0 saturated carbocycles. The average Bonchev–Trinajstić information content (AvgIpc) is 3.39. The summed E-state index contributed by atoms with van der Waals surface area (Å²) in [6, 6.07) is 14.8. The summed E-state index contributed by atoms with van der Waals surface area (Å²) < 4.78 is 19.5. The normalized spacial score (nSPS) is 15.9. The van der Waals surface area contributed by atoms with E-state index in [0.717, 1.165) is 9.78 Å². The van der Waals surface area contributed by atoms with Crippen molar-refractivity contribution in [1.29, 1.82) is 0 Å². The van der Waals surface area contributed by atoms with Crippen molar-refractivity contribution in [3.63, 3.8) is 0 Å². The molecular formula is C23H19FN2O4S. The van der Waals surface area contributed by atoms with Crippen LogP contribution in [0.15, 0.2) is 66.0 Å². The van der Waals surface area contributed by atoms with Crippen LogP contribution in [0.2, 0.25) is 0 Å². The quantitative estimate of drug-likeness (QED) is 0.548. The van der Waals surface area contributed by atoms with Gasteiger partial charge in [-0.05, 0) is 47.8 Å². The van der Waals surface area contributed by atoms with Crippen LogP contribution in [0.25, 0.3) is 0 Å². The van der Waals surface area contributed by atoms with Gasteiger partial charge < -0.3 is 9.64 Å². The molecule has 158 valence electrons. The Hall–Kier alpha value is -3.52. The molecule has 1 aromatic heterocycles. The Kier molecular flexibility index (Phi) is 5.81. The first-order chi connectivity index (χ1) is 15.0. The summed E-state index contributed by atoms with van der Waals surface area (Å²) in [5.41, 5.74) is 0.259. The minimum atomic E-state index is -1.02. The molecule has 3 aromatic rings. The van der Waals surface area contributed by atoms with E-state index in [9.17, 15) is 18.8 Å². The third-order valence-corrected chi connectivity index (χ3v) is 5.96. The van der Waals surface area contributed by atoms with E-state index in [0.29, 0.717) is 11.4 Å². The summed E-state index contributed by atoms with van der Waals surface area (Å²) in [5, 5.41) is 1.85. The fraction of sp³-hybridized carbons (Fsp3) is 0.174. The van der Waals surface area contributed by atoms with Gasteiger partial charge in [-0.15, -0.1) is 11.3 Å². The highest BCUT2D eigenvalue weighted by Crippen LogP contribution is 2.29. The number of hydrogen-bond donors (Lipinski definition) is 0. The average molecular weight is 438 g/mol. The van der Waals surface area contributed by atoms with Gasteiger partial charge in [0, 0.05) is 4.88 Å². The van der Waals surface area contributed by atoms with E-state index < -0.39 is 29.6 Å². The van der Waals surface area contributed by atoms with Crippen LogP contribution in [0.5, 0.6) is 5.75 Å². The lowest BCUT2D eigenvalue weighted by Crippen LogP contribution is -2.45. The molecule has 0 spiro atoms. The highest BCUT2D eigenvalue weighted by atomic mass is 32.1. The van der Waals surface area contributed by atoms with Gasteiger partial charge in [-0.3, -0.25) is 14.4 Å². The first kappa shape index (κ1) is 20.7. The number of methoxy groups -OCH3 is 1. The Labute approximate surface area is 182 Å². The van der Waals surface area contributed by atoms with E-state index in [-0.39, 0.29) is 18.5 Å². The molecule has 1 unspecified atom stereocenters. The minimum absolute atomic E-state index is 0.102. The predicted octanol–water partition coefficient (Wildman–Crippen LogP) is 3.87. The van der Waals surface area contributed by atoms with Crippen LogP contribution >= 0.6 is 11.3 Å². The molecule has 6 nitrogen and oxygen atoms in total. The van der Waals surface area contributed by atoms with Gasteiger partial charge >= 0.3 is 0 Å². The second kappa shape index (κ2) is 8.69. The number of benzene rings is 2. The van der Waals surface area contributed by atoms with Gasteiger partial charge in [-0.25, -0.2) is 9.29 Å². The molecule has 3 amide bonds. The zero-order valence-corrected chi connectivity index (χ0v) is 17.5. The van der Waals surface area contributed by atoms with Crippen molar-refractivity contribution in [1.82, 2.24) is 4.90 Å². The fourth-order valence-electron chi connectivity index (χ4n) is 3.55. The maximum Gasteiger partial charge on any atom is 0.257 e. The number of imide groups is 1. The molecule has 0 radical (unpaired) electrons. The smallest absolute Gasteiger partial charge is 0.257 e. The zero-order chi connectivity index (χ0) is 22.0. The topological polar surface area (TPSA) is 66.9 Å². The monoisotopic (exact) mass is 438 g/mol. The van der Waals surface area contributed by atoms with E-state index >= 15 is 0 Å². The Bertz CT molecular complexity index is 1110. The maximum atomic E-state index is 14.3. The second-order valence-electron chi connectivity index (χ2n) is 6.98. The van der Waals surface area contributed by atoms with Gasteiger partial charge in [0.15, 0.2) is 0 Å². The summed E-state index contributed by atoms with van der Waals surface area (Å²) in [5.74, 6) is -1.65. The van der Waals surface area contributed by atoms with Crippen LogP contribution in [0, 0.1) is 5.82 Å². The van der Waals surface area contributed by atoms with Crippen molar-refractivity contribution in [2.75, 3.05) is 12.0 Å². The molecule has 1 saturated heterocycles. The van der Waals surface area contributed by atoms with E-state index in [1.54, 1.807) is 30.3 Å². The Morgan fingerprint density at radius 1 is 1.13 bits per heavy atom. The molecule has 0 bridgehead atoms. The van der Waals surface area contributed by atoms with E-state index in [4.69, 9.17) is 4.74 Å². The molecule has 0 N–H and O–H groups in total. The predicted molar refractivity (Wildman–Crippen MR) is 114 cm³/mol. The standard InChI is InChI=1S/C23H19FN2O4S/c1-30-16-10-8-15(9-11-16)26-21(27)13-20(23(26)29)25(14-17-5-4-12-31-17)22(28)18-6-2-3-7-19(18)24/h2-12,20H,13-14H2,1H3.